The van der Waals surface area contributed by atoms with E-state index in [0.717, 1.165) is 123 Å². The third-order valence-corrected chi connectivity index (χ3v) is 18.0. The molecule has 1 aromatic heterocycles. The Balaban J connectivity index is 1.16. The fourth-order valence-electron chi connectivity index (χ4n) is 13.4. The minimum Gasteiger partial charge on any atom is -0.311 e. The van der Waals surface area contributed by atoms with Crippen LogP contribution in [-0.4, -0.2) is 11.3 Å². The quantitative estimate of drug-likeness (QED) is 0.141. The van der Waals surface area contributed by atoms with Crippen LogP contribution in [0.2, 0.25) is 0 Å². The zero-order valence-electron chi connectivity index (χ0n) is 61.1. The van der Waals surface area contributed by atoms with Crippen LogP contribution in [0.15, 0.2) is 273 Å². The Hall–Kier alpha value is -9.90. The minimum absolute atomic E-state index is 0.0753. The summed E-state index contributed by atoms with van der Waals surface area (Å²) in [5.41, 5.74) is 19.7. The van der Waals surface area contributed by atoms with Gasteiger partial charge in [-0.25, -0.2) is 0 Å². The van der Waals surface area contributed by atoms with E-state index in [1.54, 1.807) is 0 Å². The molecule has 3 heterocycles. The van der Waals surface area contributed by atoms with Crippen molar-refractivity contribution in [1.29, 1.82) is 0 Å². The summed E-state index contributed by atoms with van der Waals surface area (Å²) in [6.45, 7) is 19.5. The van der Waals surface area contributed by atoms with E-state index in [1.165, 1.54) is 5.56 Å². The van der Waals surface area contributed by atoms with Gasteiger partial charge in [0.2, 0.25) is 0 Å². The lowest BCUT2D eigenvalue weighted by Gasteiger charge is -2.46. The van der Waals surface area contributed by atoms with E-state index in [9.17, 15) is 5.48 Å². The fourth-order valence-corrected chi connectivity index (χ4v) is 13.4. The largest absolute Gasteiger partial charge is 0.311 e. The lowest BCUT2D eigenvalue weighted by Crippen LogP contribution is -2.61. The van der Waals surface area contributed by atoms with Crippen molar-refractivity contribution >= 4 is 79.0 Å². The summed E-state index contributed by atoms with van der Waals surface area (Å²) in [5.74, 6) is 0. The molecule has 3 nitrogen and oxygen atoms in total. The molecule has 0 saturated carbocycles. The summed E-state index contributed by atoms with van der Waals surface area (Å²) in [6.07, 6.45) is 0. The molecule has 2 aliphatic heterocycles. The Kier molecular flexibility index (Phi) is 10.6. The van der Waals surface area contributed by atoms with Crippen molar-refractivity contribution in [3.63, 3.8) is 0 Å². The molecule has 0 N–H and O–H groups in total. The Bertz CT molecular complexity index is 5360. The third kappa shape index (κ3) is 9.28. The number of benzene rings is 12. The van der Waals surface area contributed by atoms with E-state index < -0.39 is 48.4 Å². The van der Waals surface area contributed by atoms with Crippen LogP contribution in [0.3, 0.4) is 0 Å². The van der Waals surface area contributed by atoms with Gasteiger partial charge in [-0.15, -0.1) is 0 Å². The predicted octanol–water partition coefficient (Wildman–Crippen LogP) is 21.1. The van der Waals surface area contributed by atoms with Crippen molar-refractivity contribution in [1.82, 2.24) is 4.57 Å². The maximum absolute atomic E-state index is 9.53. The highest BCUT2D eigenvalue weighted by Crippen LogP contribution is 2.54. The Labute approximate surface area is 534 Å². The summed E-state index contributed by atoms with van der Waals surface area (Å²) < 4.78 is 94.0. The second-order valence-electron chi connectivity index (χ2n) is 26.6. The lowest BCUT2D eigenvalue weighted by atomic mass is 9.33. The molecule has 12 aromatic carbocycles. The van der Waals surface area contributed by atoms with Crippen LogP contribution in [0.5, 0.6) is 0 Å². The highest BCUT2D eigenvalue weighted by molar-refractivity contribution is 7.00. The van der Waals surface area contributed by atoms with Gasteiger partial charge in [-0.3, -0.25) is 0 Å². The molecule has 0 saturated heterocycles. The Morgan fingerprint density at radius 3 is 1.35 bits per heavy atom. The molecule has 0 bridgehead atoms. The summed E-state index contributed by atoms with van der Waals surface area (Å²) in [5, 5.41) is 1.98. The highest BCUT2D eigenvalue weighted by Gasteiger charge is 2.46. The first kappa shape index (κ1) is 44.5. The summed E-state index contributed by atoms with van der Waals surface area (Å²) in [7, 11) is 0. The van der Waals surface area contributed by atoms with Gasteiger partial charge in [-0.1, -0.05) is 268 Å². The van der Waals surface area contributed by atoms with E-state index in [2.05, 4.69) is 247 Å². The number of hydrogen-bond acceptors (Lipinski definition) is 2. The van der Waals surface area contributed by atoms with Crippen LogP contribution in [0.25, 0.3) is 83.1 Å². The second-order valence-corrected chi connectivity index (χ2v) is 26.6. The zero-order valence-corrected chi connectivity index (χ0v) is 51.1. The van der Waals surface area contributed by atoms with Crippen LogP contribution in [0, 0.1) is 0 Å². The average molecular weight is 1140 g/mol. The predicted molar refractivity (Wildman–Crippen MR) is 378 cm³/mol. The van der Waals surface area contributed by atoms with Gasteiger partial charge in [0.15, 0.2) is 0 Å². The number of nitrogens with zero attached hydrogens (tertiary/aromatic N) is 3. The normalized spacial score (nSPS) is 14.6. The van der Waals surface area contributed by atoms with Gasteiger partial charge in [0, 0.05) is 50.3 Å². The molecule has 15 rings (SSSR count). The molecule has 426 valence electrons. The Morgan fingerprint density at radius 2 is 0.795 bits per heavy atom. The first-order valence-electron chi connectivity index (χ1n) is 35.4. The molecule has 0 atom stereocenters. The standard InChI is InChI=1S/C84H72BN3/c1-82(2,3)63-37-27-36-59(46-63)62-49-75-79(67-40-25-26-41-72(67)86(75)66-38-23-14-24-39-66)76(50-62)87-73-47-60(55-28-15-10-16-29-55)42-44-70(73)85-71-45-43-61(56-30-17-11-18-31-56)48-74(71)88(78-54-65(84(7,8)9)53-77(87)80(78)85)81-68(57-32-19-12-20-33-57)51-64(83(4,5)6)52-69(81)58-34-21-13-22-35-58/h10-54H,1-9H3/i10D,11D,15D,16D,17D,18D,28D,29D,30D,31D. The third-order valence-electron chi connectivity index (χ3n) is 18.0. The SMILES string of the molecule is [2H]c1c([2H])c([2H])c(-c2ccc3c(c2)N(c2c(-c4ccccc4)cc(C(C)(C)C)cc2-c2ccccc2)c2cc(C(C)(C)C)cc4c2B3c2ccc(-c3c([2H])c([2H])c([2H])c([2H])c3[2H])cc2N4c2cc(-c3cccc(C(C)(C)C)c3)cc3c2c2ccccc2n3-c2ccccc2)c([2H])c1[2H]. The van der Waals surface area contributed by atoms with Gasteiger partial charge in [0.05, 0.1) is 36.1 Å². The van der Waals surface area contributed by atoms with E-state index in [-0.39, 0.29) is 46.1 Å². The molecule has 2 aliphatic rings. The number of anilines is 6. The molecule has 0 amide bonds. The smallest absolute Gasteiger partial charge is 0.252 e. The molecule has 0 fully saturated rings. The van der Waals surface area contributed by atoms with Gasteiger partial charge < -0.3 is 14.4 Å². The number of rotatable bonds is 8. The van der Waals surface area contributed by atoms with Gasteiger partial charge >= 0.3 is 0 Å². The Morgan fingerprint density at radius 1 is 0.330 bits per heavy atom. The summed E-state index contributed by atoms with van der Waals surface area (Å²) >= 11 is 0. The molecular weight excluding hydrogens is 1060 g/mol. The summed E-state index contributed by atoms with van der Waals surface area (Å²) in [6, 6.07) is 70.8. The van der Waals surface area contributed by atoms with Crippen molar-refractivity contribution < 1.29 is 13.7 Å². The number of hydrogen-bond donors (Lipinski definition) is 0. The van der Waals surface area contributed by atoms with Crippen molar-refractivity contribution in [3.05, 3.63) is 289 Å². The van der Waals surface area contributed by atoms with Crippen molar-refractivity contribution in [3.8, 4) is 61.3 Å². The average Bonchev–Trinajstić information content (AvgIpc) is 0.887. The van der Waals surface area contributed by atoms with Crippen molar-refractivity contribution in [2.75, 3.05) is 9.80 Å². The van der Waals surface area contributed by atoms with E-state index >= 15 is 0 Å². The van der Waals surface area contributed by atoms with Crippen molar-refractivity contribution in [2.45, 2.75) is 78.6 Å². The van der Waals surface area contributed by atoms with Crippen LogP contribution in [0.4, 0.5) is 34.1 Å². The molecule has 13 aromatic rings. The first-order chi connectivity index (χ1) is 46.7. The highest BCUT2D eigenvalue weighted by atomic mass is 15.2. The van der Waals surface area contributed by atoms with Crippen LogP contribution < -0.4 is 26.2 Å². The second kappa shape index (κ2) is 20.9. The topological polar surface area (TPSA) is 11.4 Å². The van der Waals surface area contributed by atoms with E-state index in [4.69, 9.17) is 8.22 Å². The number of fused-ring (bicyclic) bond motifs is 7. The monoisotopic (exact) mass is 1140 g/mol. The number of aromatic nitrogens is 1. The molecule has 0 spiro atoms. The molecule has 0 radical (unpaired) electrons. The molecular formula is C84H72BN3. The first-order valence-corrected chi connectivity index (χ1v) is 30.4. The van der Waals surface area contributed by atoms with E-state index in [1.807, 2.05) is 42.5 Å². The minimum atomic E-state index is -0.573. The summed E-state index contributed by atoms with van der Waals surface area (Å²) in [4.78, 5) is 4.79. The molecule has 0 aliphatic carbocycles. The van der Waals surface area contributed by atoms with Crippen molar-refractivity contribution in [2.24, 2.45) is 0 Å². The van der Waals surface area contributed by atoms with Gasteiger partial charge in [-0.05, 0) is 161 Å². The lowest BCUT2D eigenvalue weighted by molar-refractivity contribution is 0.590. The van der Waals surface area contributed by atoms with Gasteiger partial charge in [-0.2, -0.15) is 0 Å². The molecule has 0 unspecified atom stereocenters. The zero-order chi connectivity index (χ0) is 68.9. The van der Waals surface area contributed by atoms with Crippen LogP contribution >= 0.6 is 0 Å². The van der Waals surface area contributed by atoms with Crippen LogP contribution in [-0.2, 0) is 16.2 Å². The van der Waals surface area contributed by atoms with Gasteiger partial charge in [0.25, 0.3) is 6.71 Å². The fraction of sp³-hybridized carbons (Fsp3) is 0.143. The molecule has 88 heavy (non-hydrogen) atoms. The number of para-hydroxylation sites is 2. The van der Waals surface area contributed by atoms with E-state index in [0.29, 0.717) is 11.1 Å². The maximum Gasteiger partial charge on any atom is 0.252 e. The van der Waals surface area contributed by atoms with Gasteiger partial charge in [0.1, 0.15) is 0 Å². The molecule has 4 heteroatoms. The van der Waals surface area contributed by atoms with Crippen LogP contribution in [0.1, 0.15) is 92.7 Å². The maximum atomic E-state index is 9.53.